The van der Waals surface area contributed by atoms with Gasteiger partial charge in [-0.05, 0) is 36.4 Å². The molecule has 7 nitrogen and oxygen atoms in total. The van der Waals surface area contributed by atoms with E-state index in [9.17, 15) is 0 Å². The number of rotatable bonds is 4. The third-order valence-electron chi connectivity index (χ3n) is 3.20. The summed E-state index contributed by atoms with van der Waals surface area (Å²) < 4.78 is 1.62. The molecule has 0 aliphatic rings. The summed E-state index contributed by atoms with van der Waals surface area (Å²) in [5, 5.41) is 14.7. The van der Waals surface area contributed by atoms with Gasteiger partial charge in [0.05, 0.1) is 28.8 Å². The minimum Gasteiger partial charge on any atom is -0.375 e. The van der Waals surface area contributed by atoms with E-state index in [1.807, 2.05) is 38.1 Å². The number of hydrogen-bond donors (Lipinski definition) is 1. The highest BCUT2D eigenvalue weighted by Crippen LogP contribution is 2.24. The fourth-order valence-electron chi connectivity index (χ4n) is 2.21. The summed E-state index contributed by atoms with van der Waals surface area (Å²) in [7, 11) is 0. The fourth-order valence-corrected chi connectivity index (χ4v) is 2.21. The minimum absolute atomic E-state index is 0.0244. The lowest BCUT2D eigenvalue weighted by Crippen LogP contribution is -2.13. The van der Waals surface area contributed by atoms with E-state index in [1.165, 1.54) is 0 Å². The van der Waals surface area contributed by atoms with E-state index < -0.39 is 0 Å². The first-order valence-electron chi connectivity index (χ1n) is 6.62. The van der Waals surface area contributed by atoms with Gasteiger partial charge in [-0.3, -0.25) is 9.97 Å². The van der Waals surface area contributed by atoms with Gasteiger partial charge in [0.15, 0.2) is 0 Å². The van der Waals surface area contributed by atoms with Crippen molar-refractivity contribution in [1.82, 2.24) is 30.2 Å². The lowest BCUT2D eigenvalue weighted by atomic mass is 10.1. The van der Waals surface area contributed by atoms with Gasteiger partial charge in [-0.15, -0.1) is 5.10 Å². The van der Waals surface area contributed by atoms with E-state index in [0.29, 0.717) is 0 Å². The molecule has 3 rings (SSSR count). The Morgan fingerprint density at radius 1 is 1.14 bits per heavy atom. The minimum atomic E-state index is 0.0244. The van der Waals surface area contributed by atoms with Crippen molar-refractivity contribution in [2.24, 2.45) is 0 Å². The van der Waals surface area contributed by atoms with Gasteiger partial charge >= 0.3 is 0 Å². The van der Waals surface area contributed by atoms with E-state index in [2.05, 4.69) is 30.8 Å². The third-order valence-corrected chi connectivity index (χ3v) is 3.20. The number of anilines is 1. The van der Waals surface area contributed by atoms with Crippen LogP contribution in [0.15, 0.2) is 43.0 Å². The summed E-state index contributed by atoms with van der Waals surface area (Å²) in [5.74, 6) is 0. The van der Waals surface area contributed by atoms with Crippen LogP contribution in [-0.2, 0) is 0 Å². The van der Waals surface area contributed by atoms with Crippen molar-refractivity contribution in [3.63, 3.8) is 0 Å². The second-order valence-corrected chi connectivity index (χ2v) is 4.66. The maximum Gasteiger partial charge on any atom is 0.143 e. The quantitative estimate of drug-likeness (QED) is 0.787. The first-order valence-corrected chi connectivity index (χ1v) is 6.62. The predicted octanol–water partition coefficient (Wildman–Crippen LogP) is 1.93. The van der Waals surface area contributed by atoms with E-state index in [0.717, 1.165) is 22.8 Å². The van der Waals surface area contributed by atoms with Gasteiger partial charge in [0.2, 0.25) is 0 Å². The van der Waals surface area contributed by atoms with Crippen molar-refractivity contribution in [3.8, 4) is 5.69 Å². The molecule has 1 atom stereocenters. The topological polar surface area (TPSA) is 81.4 Å². The molecule has 0 aliphatic carbocycles. The second kappa shape index (κ2) is 5.66. The predicted molar refractivity (Wildman–Crippen MR) is 78.0 cm³/mol. The molecule has 1 unspecified atom stereocenters. The molecule has 0 aliphatic heterocycles. The summed E-state index contributed by atoms with van der Waals surface area (Å²) >= 11 is 0. The number of hydrogen-bond acceptors (Lipinski definition) is 6. The van der Waals surface area contributed by atoms with Crippen molar-refractivity contribution in [2.75, 3.05) is 5.32 Å². The van der Waals surface area contributed by atoms with Crippen molar-refractivity contribution >= 4 is 5.69 Å². The van der Waals surface area contributed by atoms with Crippen LogP contribution >= 0.6 is 0 Å². The molecule has 0 saturated carbocycles. The molecule has 0 bridgehead atoms. The van der Waals surface area contributed by atoms with Crippen LogP contribution in [0.4, 0.5) is 5.69 Å². The van der Waals surface area contributed by atoms with Crippen LogP contribution in [0.25, 0.3) is 5.69 Å². The molecule has 0 fully saturated rings. The second-order valence-electron chi connectivity index (χ2n) is 4.66. The van der Waals surface area contributed by atoms with Gasteiger partial charge in [0.25, 0.3) is 0 Å². The van der Waals surface area contributed by atoms with E-state index in [1.54, 1.807) is 23.4 Å². The zero-order valence-electron chi connectivity index (χ0n) is 11.8. The number of benzene rings is 1. The Morgan fingerprint density at radius 3 is 2.71 bits per heavy atom. The summed E-state index contributed by atoms with van der Waals surface area (Å²) in [6.45, 7) is 4.00. The smallest absolute Gasteiger partial charge is 0.143 e. The Balaban J connectivity index is 1.91. The average Bonchev–Trinajstić information content (AvgIpc) is 3.02. The zero-order chi connectivity index (χ0) is 14.7. The number of para-hydroxylation sites is 2. The van der Waals surface area contributed by atoms with Crippen LogP contribution in [0.5, 0.6) is 0 Å². The number of nitrogens with one attached hydrogen (secondary N) is 1. The van der Waals surface area contributed by atoms with Crippen LogP contribution in [0.2, 0.25) is 0 Å². The highest BCUT2D eigenvalue weighted by atomic mass is 15.5. The average molecular weight is 281 g/mol. The molecule has 1 N–H and O–H groups in total. The normalized spacial score (nSPS) is 12.1. The highest BCUT2D eigenvalue weighted by Gasteiger charge is 2.13. The standard InChI is InChI=1S/C14H15N7/c1-10-14(16-8-7-15-10)11(2)18-12-5-3-4-6-13(12)21-9-17-19-20-21/h3-9,11,18H,1-2H3. The molecule has 0 amide bonds. The Kier molecular flexibility index (Phi) is 3.55. The largest absolute Gasteiger partial charge is 0.375 e. The highest BCUT2D eigenvalue weighted by molar-refractivity contribution is 5.61. The van der Waals surface area contributed by atoms with Crippen LogP contribution in [0.1, 0.15) is 24.4 Å². The van der Waals surface area contributed by atoms with Crippen LogP contribution in [-0.4, -0.2) is 30.2 Å². The Labute approximate surface area is 122 Å². The third kappa shape index (κ3) is 2.71. The molecule has 21 heavy (non-hydrogen) atoms. The van der Waals surface area contributed by atoms with Crippen molar-refractivity contribution in [1.29, 1.82) is 0 Å². The van der Waals surface area contributed by atoms with Gasteiger partial charge < -0.3 is 5.32 Å². The Morgan fingerprint density at radius 2 is 1.95 bits per heavy atom. The first-order chi connectivity index (χ1) is 10.3. The molecular weight excluding hydrogens is 266 g/mol. The van der Waals surface area contributed by atoms with E-state index >= 15 is 0 Å². The van der Waals surface area contributed by atoms with Crippen molar-refractivity contribution < 1.29 is 0 Å². The maximum atomic E-state index is 4.39. The number of nitrogens with zero attached hydrogens (tertiary/aromatic N) is 6. The Bertz CT molecular complexity index is 724. The van der Waals surface area contributed by atoms with Gasteiger partial charge in [0, 0.05) is 12.4 Å². The molecule has 0 saturated heterocycles. The molecule has 0 spiro atoms. The molecule has 1 aromatic carbocycles. The molecule has 106 valence electrons. The summed E-state index contributed by atoms with van der Waals surface area (Å²) in [4.78, 5) is 8.67. The van der Waals surface area contributed by atoms with Gasteiger partial charge in [0.1, 0.15) is 6.33 Å². The van der Waals surface area contributed by atoms with Gasteiger partial charge in [-0.25, -0.2) is 0 Å². The molecular formula is C14H15N7. The van der Waals surface area contributed by atoms with Crippen LogP contribution in [0.3, 0.4) is 0 Å². The van der Waals surface area contributed by atoms with Gasteiger partial charge in [-0.2, -0.15) is 4.68 Å². The summed E-state index contributed by atoms with van der Waals surface area (Å²) in [6.07, 6.45) is 4.97. The Hall–Kier alpha value is -2.83. The van der Waals surface area contributed by atoms with Gasteiger partial charge in [-0.1, -0.05) is 12.1 Å². The van der Waals surface area contributed by atoms with Crippen LogP contribution < -0.4 is 5.32 Å². The molecule has 7 heteroatoms. The van der Waals surface area contributed by atoms with E-state index in [-0.39, 0.29) is 6.04 Å². The summed E-state index contributed by atoms with van der Waals surface area (Å²) in [6, 6.07) is 7.87. The SMILES string of the molecule is Cc1nccnc1C(C)Nc1ccccc1-n1cnnn1. The van der Waals surface area contributed by atoms with Crippen molar-refractivity contribution in [2.45, 2.75) is 19.9 Å². The van der Waals surface area contributed by atoms with Crippen LogP contribution in [0, 0.1) is 6.92 Å². The molecule has 3 aromatic rings. The lowest BCUT2D eigenvalue weighted by molar-refractivity contribution is 0.778. The maximum absolute atomic E-state index is 4.39. The molecule has 0 radical (unpaired) electrons. The summed E-state index contributed by atoms with van der Waals surface area (Å²) in [5.41, 5.74) is 3.65. The zero-order valence-corrected chi connectivity index (χ0v) is 11.8. The monoisotopic (exact) mass is 281 g/mol. The number of tetrazole rings is 1. The number of aromatic nitrogens is 6. The fraction of sp³-hybridized carbons (Fsp3) is 0.214. The number of aryl methyl sites for hydroxylation is 1. The van der Waals surface area contributed by atoms with Crippen molar-refractivity contribution in [3.05, 3.63) is 54.4 Å². The van der Waals surface area contributed by atoms with E-state index in [4.69, 9.17) is 0 Å². The first kappa shape index (κ1) is 13.2. The lowest BCUT2D eigenvalue weighted by Gasteiger charge is -2.18. The molecule has 2 aromatic heterocycles. The molecule has 2 heterocycles.